The molecule has 0 aliphatic heterocycles. The summed E-state index contributed by atoms with van der Waals surface area (Å²) in [6.45, 7) is -3.23. The Morgan fingerprint density at radius 2 is 1.81 bits per heavy atom. The Labute approximate surface area is 154 Å². The highest BCUT2D eigenvalue weighted by Gasteiger charge is 2.19. The SMILES string of the molecule is CS(=O)(=O)Cc1ccc(C(=O)OCc2nc3ccccc3n2C(F)F)cc1. The molecule has 0 saturated heterocycles. The molecule has 0 atom stereocenters. The number of carbonyl (C=O) groups is 1. The van der Waals surface area contributed by atoms with Gasteiger partial charge in [-0.2, -0.15) is 8.78 Å². The lowest BCUT2D eigenvalue weighted by molar-refractivity contribution is 0.0387. The van der Waals surface area contributed by atoms with Gasteiger partial charge >= 0.3 is 12.5 Å². The van der Waals surface area contributed by atoms with E-state index in [1.165, 1.54) is 30.3 Å². The van der Waals surface area contributed by atoms with E-state index >= 15 is 0 Å². The second-order valence-electron chi connectivity index (χ2n) is 6.01. The molecular formula is C18H16F2N2O4S. The predicted molar refractivity (Wildman–Crippen MR) is 95.1 cm³/mol. The van der Waals surface area contributed by atoms with Crippen LogP contribution >= 0.6 is 0 Å². The summed E-state index contributed by atoms with van der Waals surface area (Å²) in [6, 6.07) is 12.3. The van der Waals surface area contributed by atoms with Crippen LogP contribution in [0, 0.1) is 0 Å². The Hall–Kier alpha value is -2.81. The van der Waals surface area contributed by atoms with Gasteiger partial charge in [0.05, 0.1) is 22.3 Å². The number of ether oxygens (including phenoxy) is 1. The molecule has 142 valence electrons. The fraction of sp³-hybridized carbons (Fsp3) is 0.222. The van der Waals surface area contributed by atoms with Crippen LogP contribution in [-0.2, 0) is 26.9 Å². The molecule has 27 heavy (non-hydrogen) atoms. The largest absolute Gasteiger partial charge is 0.454 e. The molecule has 9 heteroatoms. The van der Waals surface area contributed by atoms with E-state index in [-0.39, 0.29) is 22.7 Å². The zero-order valence-corrected chi connectivity index (χ0v) is 15.1. The lowest BCUT2D eigenvalue weighted by Gasteiger charge is -2.09. The van der Waals surface area contributed by atoms with E-state index in [0.717, 1.165) is 10.8 Å². The third-order valence-corrected chi connectivity index (χ3v) is 4.67. The first-order valence-electron chi connectivity index (χ1n) is 7.92. The maximum Gasteiger partial charge on any atom is 0.338 e. The van der Waals surface area contributed by atoms with Crippen LogP contribution in [0.4, 0.5) is 8.78 Å². The van der Waals surface area contributed by atoms with Crippen LogP contribution in [0.25, 0.3) is 11.0 Å². The molecule has 0 bridgehead atoms. The van der Waals surface area contributed by atoms with Gasteiger partial charge in [-0.15, -0.1) is 0 Å². The van der Waals surface area contributed by atoms with Crippen molar-refractivity contribution in [1.29, 1.82) is 0 Å². The van der Waals surface area contributed by atoms with Gasteiger partial charge in [0.2, 0.25) is 0 Å². The summed E-state index contributed by atoms with van der Waals surface area (Å²) in [5.74, 6) is -0.914. The zero-order valence-electron chi connectivity index (χ0n) is 14.3. The Bertz CT molecular complexity index is 1080. The van der Waals surface area contributed by atoms with Gasteiger partial charge < -0.3 is 4.74 Å². The van der Waals surface area contributed by atoms with Crippen molar-refractivity contribution in [2.75, 3.05) is 6.26 Å². The zero-order chi connectivity index (χ0) is 19.6. The number of imidazole rings is 1. The number of aromatic nitrogens is 2. The Kier molecular flexibility index (Phi) is 5.22. The molecule has 0 spiro atoms. The molecule has 6 nitrogen and oxygen atoms in total. The van der Waals surface area contributed by atoms with Crippen molar-refractivity contribution in [2.45, 2.75) is 18.9 Å². The number of nitrogens with zero attached hydrogens (tertiary/aromatic N) is 2. The molecule has 1 heterocycles. The third kappa shape index (κ3) is 4.48. The summed E-state index contributed by atoms with van der Waals surface area (Å²) in [5.41, 5.74) is 1.36. The summed E-state index contributed by atoms with van der Waals surface area (Å²) < 4.78 is 55.1. The minimum Gasteiger partial charge on any atom is -0.454 e. The van der Waals surface area contributed by atoms with Crippen LogP contribution in [0.5, 0.6) is 0 Å². The van der Waals surface area contributed by atoms with E-state index in [0.29, 0.717) is 11.1 Å². The summed E-state index contributed by atoms with van der Waals surface area (Å²) in [4.78, 5) is 16.2. The molecule has 0 saturated carbocycles. The normalized spacial score (nSPS) is 11.9. The summed E-state index contributed by atoms with van der Waals surface area (Å²) in [7, 11) is -3.18. The van der Waals surface area contributed by atoms with Gasteiger partial charge in [0.1, 0.15) is 6.61 Å². The van der Waals surface area contributed by atoms with Gasteiger partial charge in [0.15, 0.2) is 15.7 Å². The molecule has 0 aliphatic rings. The molecule has 0 fully saturated rings. The van der Waals surface area contributed by atoms with E-state index in [1.54, 1.807) is 18.2 Å². The van der Waals surface area contributed by atoms with Crippen LogP contribution in [0.1, 0.15) is 28.3 Å². The van der Waals surface area contributed by atoms with Crippen LogP contribution in [0.2, 0.25) is 0 Å². The highest BCUT2D eigenvalue weighted by Crippen LogP contribution is 2.23. The second kappa shape index (κ2) is 7.43. The van der Waals surface area contributed by atoms with Crippen LogP contribution in [0.3, 0.4) is 0 Å². The summed E-state index contributed by atoms with van der Waals surface area (Å²) in [6.07, 6.45) is 1.12. The minimum absolute atomic E-state index is 0.0618. The molecule has 0 radical (unpaired) electrons. The van der Waals surface area contributed by atoms with E-state index in [9.17, 15) is 22.0 Å². The predicted octanol–water partition coefficient (Wildman–Crippen LogP) is 3.33. The third-order valence-electron chi connectivity index (χ3n) is 3.81. The Morgan fingerprint density at radius 1 is 1.15 bits per heavy atom. The van der Waals surface area contributed by atoms with Gasteiger partial charge in [-0.1, -0.05) is 24.3 Å². The number of para-hydroxylation sites is 2. The first-order chi connectivity index (χ1) is 12.7. The molecule has 0 amide bonds. The highest BCUT2D eigenvalue weighted by molar-refractivity contribution is 7.89. The maximum atomic E-state index is 13.4. The Balaban J connectivity index is 1.74. The van der Waals surface area contributed by atoms with Gasteiger partial charge in [0, 0.05) is 6.26 Å². The first-order valence-corrected chi connectivity index (χ1v) is 9.98. The van der Waals surface area contributed by atoms with E-state index in [1.807, 2.05) is 0 Å². The van der Waals surface area contributed by atoms with Crippen molar-refractivity contribution in [1.82, 2.24) is 9.55 Å². The number of rotatable bonds is 6. The molecular weight excluding hydrogens is 378 g/mol. The van der Waals surface area contributed by atoms with Crippen LogP contribution in [0.15, 0.2) is 48.5 Å². The van der Waals surface area contributed by atoms with Crippen molar-refractivity contribution in [3.05, 3.63) is 65.5 Å². The maximum absolute atomic E-state index is 13.4. The lowest BCUT2D eigenvalue weighted by Crippen LogP contribution is -2.11. The Morgan fingerprint density at radius 3 is 2.44 bits per heavy atom. The van der Waals surface area contributed by atoms with Crippen molar-refractivity contribution in [3.63, 3.8) is 0 Å². The fourth-order valence-corrected chi connectivity index (χ4v) is 3.47. The average molecular weight is 394 g/mol. The molecule has 1 aromatic heterocycles. The van der Waals surface area contributed by atoms with E-state index in [4.69, 9.17) is 4.74 Å². The summed E-state index contributed by atoms with van der Waals surface area (Å²) >= 11 is 0. The molecule has 3 aromatic rings. The highest BCUT2D eigenvalue weighted by atomic mass is 32.2. The fourth-order valence-electron chi connectivity index (χ4n) is 2.67. The van der Waals surface area contributed by atoms with Gasteiger partial charge in [-0.25, -0.2) is 18.2 Å². The number of benzene rings is 2. The number of hydrogen-bond acceptors (Lipinski definition) is 5. The number of hydrogen-bond donors (Lipinski definition) is 0. The quantitative estimate of drug-likeness (QED) is 0.599. The molecule has 2 aromatic carbocycles. The van der Waals surface area contributed by atoms with Crippen molar-refractivity contribution in [3.8, 4) is 0 Å². The van der Waals surface area contributed by atoms with Crippen LogP contribution < -0.4 is 0 Å². The topological polar surface area (TPSA) is 78.3 Å². The standard InChI is InChI=1S/C18H16F2N2O4S/c1-27(24,25)11-12-6-8-13(9-7-12)17(23)26-10-16-21-14-4-2-3-5-15(14)22(16)18(19)20/h2-9,18H,10-11H2,1H3. The number of alkyl halides is 2. The number of fused-ring (bicyclic) bond motifs is 1. The first kappa shape index (κ1) is 19.0. The van der Waals surface area contributed by atoms with Crippen molar-refractivity contribution >= 4 is 26.8 Å². The van der Waals surface area contributed by atoms with E-state index in [2.05, 4.69) is 4.98 Å². The molecule has 3 rings (SSSR count). The number of halogens is 2. The van der Waals surface area contributed by atoms with Gasteiger partial charge in [0.25, 0.3) is 0 Å². The number of esters is 1. The van der Waals surface area contributed by atoms with E-state index < -0.39 is 29.0 Å². The lowest BCUT2D eigenvalue weighted by atomic mass is 10.1. The summed E-state index contributed by atoms with van der Waals surface area (Å²) in [5, 5.41) is 0. The minimum atomic E-state index is -3.18. The van der Waals surface area contributed by atoms with Crippen molar-refractivity contribution < 1.29 is 26.7 Å². The average Bonchev–Trinajstić information content (AvgIpc) is 2.97. The smallest absolute Gasteiger partial charge is 0.338 e. The van der Waals surface area contributed by atoms with Gasteiger partial charge in [-0.3, -0.25) is 4.57 Å². The molecule has 0 aliphatic carbocycles. The monoisotopic (exact) mass is 394 g/mol. The van der Waals surface area contributed by atoms with Gasteiger partial charge in [-0.05, 0) is 29.8 Å². The van der Waals surface area contributed by atoms with Crippen molar-refractivity contribution in [2.24, 2.45) is 0 Å². The number of carbonyl (C=O) groups excluding carboxylic acids is 1. The second-order valence-corrected chi connectivity index (χ2v) is 8.15. The number of sulfone groups is 1. The molecule has 0 N–H and O–H groups in total. The molecule has 0 unspecified atom stereocenters. The van der Waals surface area contributed by atoms with Crippen LogP contribution in [-0.4, -0.2) is 30.2 Å².